The van der Waals surface area contributed by atoms with Crippen molar-refractivity contribution in [2.75, 3.05) is 18.2 Å². The fourth-order valence-corrected chi connectivity index (χ4v) is 1.97. The van der Waals surface area contributed by atoms with Gasteiger partial charge in [0.2, 0.25) is 0 Å². The van der Waals surface area contributed by atoms with Gasteiger partial charge in [0.1, 0.15) is 5.75 Å². The number of aryl methyl sites for hydroxylation is 1. The van der Waals surface area contributed by atoms with Gasteiger partial charge in [-0.2, -0.15) is 0 Å². The van der Waals surface area contributed by atoms with Crippen LogP contribution in [-0.2, 0) is 0 Å². The molecule has 0 radical (unpaired) electrons. The summed E-state index contributed by atoms with van der Waals surface area (Å²) in [6, 6.07) is 10.2. The molecule has 0 aliphatic rings. The molecule has 0 aromatic heterocycles. The van der Waals surface area contributed by atoms with Gasteiger partial charge in [-0.25, -0.2) is 0 Å². The fraction of sp³-hybridized carbons (Fsp3) is 0.133. The molecule has 0 spiro atoms. The van der Waals surface area contributed by atoms with Gasteiger partial charge in [0.25, 0.3) is 5.91 Å². The van der Waals surface area contributed by atoms with Gasteiger partial charge in [0, 0.05) is 28.0 Å². The Morgan fingerprint density at radius 2 is 2.00 bits per heavy atom. The van der Waals surface area contributed by atoms with Crippen LogP contribution in [0.3, 0.4) is 0 Å². The molecule has 0 aliphatic heterocycles. The van der Waals surface area contributed by atoms with Crippen molar-refractivity contribution in [3.05, 3.63) is 52.5 Å². The molecule has 0 saturated heterocycles. The molecule has 20 heavy (non-hydrogen) atoms. The van der Waals surface area contributed by atoms with E-state index in [-0.39, 0.29) is 5.91 Å². The van der Waals surface area contributed by atoms with Crippen molar-refractivity contribution >= 4 is 28.9 Å². The summed E-state index contributed by atoms with van der Waals surface area (Å²) >= 11 is 5.93. The summed E-state index contributed by atoms with van der Waals surface area (Å²) in [5.74, 6) is 0.277. The first kappa shape index (κ1) is 14.2. The lowest BCUT2D eigenvalue weighted by atomic mass is 10.1. The van der Waals surface area contributed by atoms with Crippen molar-refractivity contribution in [2.45, 2.75) is 6.92 Å². The summed E-state index contributed by atoms with van der Waals surface area (Å²) in [6.07, 6.45) is 0. The Balaban J connectivity index is 2.28. The summed E-state index contributed by atoms with van der Waals surface area (Å²) in [4.78, 5) is 12.2. The Labute approximate surface area is 122 Å². The number of benzene rings is 2. The smallest absolute Gasteiger partial charge is 0.255 e. The molecular weight excluding hydrogens is 276 g/mol. The van der Waals surface area contributed by atoms with Crippen LogP contribution < -0.4 is 15.8 Å². The highest BCUT2D eigenvalue weighted by molar-refractivity contribution is 6.31. The van der Waals surface area contributed by atoms with E-state index >= 15 is 0 Å². The highest BCUT2D eigenvalue weighted by atomic mass is 35.5. The van der Waals surface area contributed by atoms with Crippen LogP contribution in [-0.4, -0.2) is 13.0 Å². The number of carbonyl (C=O) groups is 1. The molecule has 2 rings (SSSR count). The molecule has 0 unspecified atom stereocenters. The van der Waals surface area contributed by atoms with E-state index in [2.05, 4.69) is 5.32 Å². The van der Waals surface area contributed by atoms with Crippen molar-refractivity contribution in [2.24, 2.45) is 0 Å². The quantitative estimate of drug-likeness (QED) is 0.851. The van der Waals surface area contributed by atoms with Crippen LogP contribution in [0.2, 0.25) is 5.02 Å². The Hall–Kier alpha value is -2.20. The van der Waals surface area contributed by atoms with Gasteiger partial charge >= 0.3 is 0 Å². The number of rotatable bonds is 3. The minimum Gasteiger partial charge on any atom is -0.497 e. The number of amides is 1. The second-order valence-electron chi connectivity index (χ2n) is 4.41. The maximum absolute atomic E-state index is 12.2. The van der Waals surface area contributed by atoms with Gasteiger partial charge in [0.15, 0.2) is 0 Å². The van der Waals surface area contributed by atoms with E-state index in [1.54, 1.807) is 30.3 Å². The lowest BCUT2D eigenvalue weighted by molar-refractivity contribution is 0.102. The van der Waals surface area contributed by atoms with Crippen molar-refractivity contribution in [3.63, 3.8) is 0 Å². The molecule has 2 aromatic rings. The summed E-state index contributed by atoms with van der Waals surface area (Å²) in [7, 11) is 1.53. The molecular formula is C15H15ClN2O2. The van der Waals surface area contributed by atoms with Gasteiger partial charge in [-0.15, -0.1) is 0 Å². The van der Waals surface area contributed by atoms with Gasteiger partial charge in [-0.3, -0.25) is 4.79 Å². The van der Waals surface area contributed by atoms with Gasteiger partial charge < -0.3 is 15.8 Å². The largest absolute Gasteiger partial charge is 0.497 e. The SMILES string of the molecule is COc1cc(N)cc(C(=O)Nc2cc(Cl)ccc2C)c1. The van der Waals surface area contributed by atoms with E-state index in [1.165, 1.54) is 7.11 Å². The predicted octanol–water partition coefficient (Wildman–Crippen LogP) is 3.49. The number of nitrogens with one attached hydrogen (secondary N) is 1. The molecule has 0 bridgehead atoms. The van der Waals surface area contributed by atoms with Crippen LogP contribution in [0.4, 0.5) is 11.4 Å². The predicted molar refractivity (Wildman–Crippen MR) is 81.5 cm³/mol. The number of ether oxygens (including phenoxy) is 1. The number of nitrogen functional groups attached to an aromatic ring is 1. The normalized spacial score (nSPS) is 10.2. The molecule has 0 atom stereocenters. The van der Waals surface area contributed by atoms with Crippen LogP contribution in [0, 0.1) is 6.92 Å². The van der Waals surface area contributed by atoms with E-state index in [4.69, 9.17) is 22.1 Å². The monoisotopic (exact) mass is 290 g/mol. The summed E-state index contributed by atoms with van der Waals surface area (Å²) < 4.78 is 5.10. The van der Waals surface area contributed by atoms with Crippen LogP contribution in [0.25, 0.3) is 0 Å². The molecule has 0 heterocycles. The molecule has 3 N–H and O–H groups in total. The summed E-state index contributed by atoms with van der Waals surface area (Å²) in [5, 5.41) is 3.38. The highest BCUT2D eigenvalue weighted by Crippen LogP contribution is 2.23. The molecule has 0 fully saturated rings. The molecule has 5 heteroatoms. The molecule has 1 amide bonds. The number of halogens is 1. The first-order valence-corrected chi connectivity index (χ1v) is 6.39. The standard InChI is InChI=1S/C15H15ClN2O2/c1-9-3-4-11(16)7-14(9)18-15(19)10-5-12(17)8-13(6-10)20-2/h3-8H,17H2,1-2H3,(H,18,19). The number of anilines is 2. The first-order valence-electron chi connectivity index (χ1n) is 6.01. The van der Waals surface area contributed by atoms with E-state index in [0.29, 0.717) is 27.7 Å². The number of methoxy groups -OCH3 is 1. The van der Waals surface area contributed by atoms with Crippen LogP contribution in [0.1, 0.15) is 15.9 Å². The number of hydrogen-bond donors (Lipinski definition) is 2. The van der Waals surface area contributed by atoms with Crippen molar-refractivity contribution in [1.29, 1.82) is 0 Å². The van der Waals surface area contributed by atoms with Crippen molar-refractivity contribution in [3.8, 4) is 5.75 Å². The van der Waals surface area contributed by atoms with Crippen LogP contribution in [0.5, 0.6) is 5.75 Å². The second kappa shape index (κ2) is 5.84. The average Bonchev–Trinajstić information content (AvgIpc) is 2.42. The third-order valence-corrected chi connectivity index (χ3v) is 3.11. The molecule has 0 saturated carbocycles. The highest BCUT2D eigenvalue weighted by Gasteiger charge is 2.10. The Morgan fingerprint density at radius 3 is 2.70 bits per heavy atom. The lowest BCUT2D eigenvalue weighted by Gasteiger charge is -2.10. The van der Waals surface area contributed by atoms with E-state index < -0.39 is 0 Å². The van der Waals surface area contributed by atoms with E-state index in [9.17, 15) is 4.79 Å². The molecule has 4 nitrogen and oxygen atoms in total. The number of hydrogen-bond acceptors (Lipinski definition) is 3. The van der Waals surface area contributed by atoms with Gasteiger partial charge in [-0.05, 0) is 36.8 Å². The average molecular weight is 291 g/mol. The molecule has 2 aromatic carbocycles. The third kappa shape index (κ3) is 3.22. The fourth-order valence-electron chi connectivity index (χ4n) is 1.79. The first-order chi connectivity index (χ1) is 9.49. The zero-order chi connectivity index (χ0) is 14.7. The van der Waals surface area contributed by atoms with Crippen LogP contribution >= 0.6 is 11.6 Å². The van der Waals surface area contributed by atoms with Crippen LogP contribution in [0.15, 0.2) is 36.4 Å². The zero-order valence-corrected chi connectivity index (χ0v) is 12.0. The Kier molecular flexibility index (Phi) is 4.15. The summed E-state index contributed by atoms with van der Waals surface area (Å²) in [6.45, 7) is 1.89. The zero-order valence-electron chi connectivity index (χ0n) is 11.2. The number of carbonyl (C=O) groups excluding carboxylic acids is 1. The minimum absolute atomic E-state index is 0.263. The maximum Gasteiger partial charge on any atom is 0.255 e. The molecule has 104 valence electrons. The Bertz CT molecular complexity index is 656. The van der Waals surface area contributed by atoms with Gasteiger partial charge in [-0.1, -0.05) is 17.7 Å². The molecule has 0 aliphatic carbocycles. The van der Waals surface area contributed by atoms with E-state index in [1.807, 2.05) is 13.0 Å². The van der Waals surface area contributed by atoms with Gasteiger partial charge in [0.05, 0.1) is 7.11 Å². The maximum atomic E-state index is 12.2. The number of nitrogens with two attached hydrogens (primary N) is 1. The van der Waals surface area contributed by atoms with Crippen molar-refractivity contribution in [1.82, 2.24) is 0 Å². The second-order valence-corrected chi connectivity index (χ2v) is 4.84. The lowest BCUT2D eigenvalue weighted by Crippen LogP contribution is -2.13. The minimum atomic E-state index is -0.263. The Morgan fingerprint density at radius 1 is 1.25 bits per heavy atom. The topological polar surface area (TPSA) is 64.3 Å². The summed E-state index contributed by atoms with van der Waals surface area (Å²) in [5.41, 5.74) is 8.24. The third-order valence-electron chi connectivity index (χ3n) is 2.87. The van der Waals surface area contributed by atoms with E-state index in [0.717, 1.165) is 5.56 Å². The van der Waals surface area contributed by atoms with Crippen molar-refractivity contribution < 1.29 is 9.53 Å².